The first kappa shape index (κ1) is 13.4. The SMILES string of the molecule is CCC(C)N1CCC2(CNC(C(C)(C)C)C2)C1. The number of hydrogen-bond acceptors (Lipinski definition) is 2. The minimum Gasteiger partial charge on any atom is -0.313 e. The van der Waals surface area contributed by atoms with Crippen molar-refractivity contribution in [2.75, 3.05) is 19.6 Å². The molecular weight excluding hydrogens is 208 g/mol. The zero-order valence-electron chi connectivity index (χ0n) is 12.3. The second-order valence-electron chi connectivity index (χ2n) is 7.48. The van der Waals surface area contributed by atoms with Crippen LogP contribution in [-0.4, -0.2) is 36.6 Å². The molecule has 2 saturated heterocycles. The summed E-state index contributed by atoms with van der Waals surface area (Å²) in [6, 6.07) is 1.47. The zero-order valence-corrected chi connectivity index (χ0v) is 12.3. The zero-order chi connectivity index (χ0) is 12.7. The lowest BCUT2D eigenvalue weighted by atomic mass is 9.78. The summed E-state index contributed by atoms with van der Waals surface area (Å²) in [5.41, 5.74) is 0.995. The number of rotatable bonds is 2. The molecule has 0 aromatic carbocycles. The van der Waals surface area contributed by atoms with Gasteiger partial charge in [-0.25, -0.2) is 0 Å². The van der Waals surface area contributed by atoms with Gasteiger partial charge in [-0.15, -0.1) is 0 Å². The van der Waals surface area contributed by atoms with Crippen molar-refractivity contribution < 1.29 is 0 Å². The lowest BCUT2D eigenvalue weighted by Gasteiger charge is -2.30. The van der Waals surface area contributed by atoms with Crippen LogP contribution in [0.1, 0.15) is 53.9 Å². The third kappa shape index (κ3) is 2.68. The van der Waals surface area contributed by atoms with Crippen LogP contribution in [0, 0.1) is 10.8 Å². The van der Waals surface area contributed by atoms with Crippen LogP contribution in [-0.2, 0) is 0 Å². The van der Waals surface area contributed by atoms with E-state index >= 15 is 0 Å². The maximum absolute atomic E-state index is 3.78. The van der Waals surface area contributed by atoms with Crippen LogP contribution in [0.5, 0.6) is 0 Å². The van der Waals surface area contributed by atoms with Gasteiger partial charge in [0, 0.05) is 25.2 Å². The molecule has 0 saturated carbocycles. The highest BCUT2D eigenvalue weighted by molar-refractivity contribution is 5.03. The van der Waals surface area contributed by atoms with E-state index in [1.807, 2.05) is 0 Å². The maximum atomic E-state index is 3.78. The fourth-order valence-corrected chi connectivity index (χ4v) is 3.44. The summed E-state index contributed by atoms with van der Waals surface area (Å²) in [6.07, 6.45) is 4.06. The molecule has 2 aliphatic rings. The Morgan fingerprint density at radius 2 is 2.12 bits per heavy atom. The Labute approximate surface area is 107 Å². The number of nitrogens with zero attached hydrogens (tertiary/aromatic N) is 1. The summed E-state index contributed by atoms with van der Waals surface area (Å²) >= 11 is 0. The Kier molecular flexibility index (Phi) is 3.57. The minimum atomic E-state index is 0.410. The highest BCUT2D eigenvalue weighted by atomic mass is 15.2. The molecule has 1 N–H and O–H groups in total. The molecule has 2 aliphatic heterocycles. The number of likely N-dealkylation sites (tertiary alicyclic amines) is 1. The van der Waals surface area contributed by atoms with Gasteiger partial charge in [0.2, 0.25) is 0 Å². The van der Waals surface area contributed by atoms with Crippen LogP contribution in [0.15, 0.2) is 0 Å². The van der Waals surface area contributed by atoms with E-state index in [-0.39, 0.29) is 0 Å². The summed E-state index contributed by atoms with van der Waals surface area (Å²) in [5, 5.41) is 3.78. The summed E-state index contributed by atoms with van der Waals surface area (Å²) in [6.45, 7) is 15.7. The molecule has 0 amide bonds. The monoisotopic (exact) mass is 238 g/mol. The molecular formula is C15H30N2. The normalized spacial score (nSPS) is 36.9. The first-order valence-corrected chi connectivity index (χ1v) is 7.34. The predicted molar refractivity (Wildman–Crippen MR) is 74.2 cm³/mol. The van der Waals surface area contributed by atoms with E-state index in [0.29, 0.717) is 16.9 Å². The number of hydrogen-bond donors (Lipinski definition) is 1. The fourth-order valence-electron chi connectivity index (χ4n) is 3.44. The predicted octanol–water partition coefficient (Wildman–Crippen LogP) is 2.89. The third-order valence-corrected chi connectivity index (χ3v) is 5.09. The highest BCUT2D eigenvalue weighted by Crippen LogP contribution is 2.43. The van der Waals surface area contributed by atoms with E-state index < -0.39 is 0 Å². The van der Waals surface area contributed by atoms with Gasteiger partial charge in [-0.3, -0.25) is 0 Å². The van der Waals surface area contributed by atoms with Gasteiger partial charge in [-0.2, -0.15) is 0 Å². The van der Waals surface area contributed by atoms with Gasteiger partial charge in [0.1, 0.15) is 0 Å². The summed E-state index contributed by atoms with van der Waals surface area (Å²) in [5.74, 6) is 0. The largest absolute Gasteiger partial charge is 0.313 e. The van der Waals surface area contributed by atoms with Gasteiger partial charge < -0.3 is 10.2 Å². The van der Waals surface area contributed by atoms with Crippen LogP contribution < -0.4 is 5.32 Å². The van der Waals surface area contributed by atoms with Crippen molar-refractivity contribution >= 4 is 0 Å². The molecule has 2 heteroatoms. The Morgan fingerprint density at radius 1 is 1.41 bits per heavy atom. The molecule has 2 rings (SSSR count). The molecule has 3 unspecified atom stereocenters. The molecule has 0 aromatic heterocycles. The van der Waals surface area contributed by atoms with E-state index in [9.17, 15) is 0 Å². The standard InChI is InChI=1S/C15H30N2/c1-6-12(2)17-8-7-15(11-17)9-13(16-10-15)14(3,4)5/h12-13,16H,6-11H2,1-5H3. The lowest BCUT2D eigenvalue weighted by Crippen LogP contribution is -2.34. The van der Waals surface area contributed by atoms with Crippen LogP contribution in [0.4, 0.5) is 0 Å². The van der Waals surface area contributed by atoms with E-state index in [2.05, 4.69) is 44.8 Å². The molecule has 1 spiro atoms. The second kappa shape index (κ2) is 4.55. The van der Waals surface area contributed by atoms with E-state index in [1.165, 1.54) is 38.9 Å². The topological polar surface area (TPSA) is 15.3 Å². The average Bonchev–Trinajstić information content (AvgIpc) is 2.85. The molecule has 0 bridgehead atoms. The second-order valence-corrected chi connectivity index (χ2v) is 7.48. The Bertz CT molecular complexity index is 269. The van der Waals surface area contributed by atoms with Gasteiger partial charge in [-0.1, -0.05) is 27.7 Å². The van der Waals surface area contributed by atoms with Gasteiger partial charge in [0.05, 0.1) is 0 Å². The van der Waals surface area contributed by atoms with Crippen molar-refractivity contribution in [3.8, 4) is 0 Å². The molecule has 100 valence electrons. The fraction of sp³-hybridized carbons (Fsp3) is 1.00. The highest BCUT2D eigenvalue weighted by Gasteiger charge is 2.47. The van der Waals surface area contributed by atoms with Crippen LogP contribution in [0.3, 0.4) is 0 Å². The van der Waals surface area contributed by atoms with Crippen molar-refractivity contribution in [2.45, 2.75) is 66.0 Å². The molecule has 17 heavy (non-hydrogen) atoms. The van der Waals surface area contributed by atoms with Crippen molar-refractivity contribution in [1.29, 1.82) is 0 Å². The Hall–Kier alpha value is -0.0800. The molecule has 2 heterocycles. The molecule has 2 nitrogen and oxygen atoms in total. The molecule has 0 radical (unpaired) electrons. The average molecular weight is 238 g/mol. The molecule has 0 aliphatic carbocycles. The van der Waals surface area contributed by atoms with E-state index in [4.69, 9.17) is 0 Å². The molecule has 0 aromatic rings. The summed E-state index contributed by atoms with van der Waals surface area (Å²) in [7, 11) is 0. The minimum absolute atomic E-state index is 0.410. The van der Waals surface area contributed by atoms with Gasteiger partial charge in [-0.05, 0) is 43.6 Å². The van der Waals surface area contributed by atoms with Crippen LogP contribution in [0.2, 0.25) is 0 Å². The molecule has 2 fully saturated rings. The first-order chi connectivity index (χ1) is 7.86. The first-order valence-electron chi connectivity index (χ1n) is 7.34. The van der Waals surface area contributed by atoms with Crippen molar-refractivity contribution in [2.24, 2.45) is 10.8 Å². The van der Waals surface area contributed by atoms with Crippen molar-refractivity contribution in [3.63, 3.8) is 0 Å². The van der Waals surface area contributed by atoms with E-state index in [0.717, 1.165) is 6.04 Å². The van der Waals surface area contributed by atoms with E-state index in [1.54, 1.807) is 0 Å². The van der Waals surface area contributed by atoms with Gasteiger partial charge >= 0.3 is 0 Å². The lowest BCUT2D eigenvalue weighted by molar-refractivity contribution is 0.208. The van der Waals surface area contributed by atoms with Gasteiger partial charge in [0.25, 0.3) is 0 Å². The summed E-state index contributed by atoms with van der Waals surface area (Å²) < 4.78 is 0. The Balaban J connectivity index is 1.96. The summed E-state index contributed by atoms with van der Waals surface area (Å²) in [4.78, 5) is 2.70. The van der Waals surface area contributed by atoms with Crippen molar-refractivity contribution in [1.82, 2.24) is 10.2 Å². The van der Waals surface area contributed by atoms with Crippen molar-refractivity contribution in [3.05, 3.63) is 0 Å². The smallest absolute Gasteiger partial charge is 0.0122 e. The maximum Gasteiger partial charge on any atom is 0.0122 e. The quantitative estimate of drug-likeness (QED) is 0.796. The van der Waals surface area contributed by atoms with Crippen LogP contribution >= 0.6 is 0 Å². The third-order valence-electron chi connectivity index (χ3n) is 5.09. The van der Waals surface area contributed by atoms with Crippen LogP contribution in [0.25, 0.3) is 0 Å². The number of nitrogens with one attached hydrogen (secondary N) is 1. The molecule has 3 atom stereocenters. The van der Waals surface area contributed by atoms with Gasteiger partial charge in [0.15, 0.2) is 0 Å². The Morgan fingerprint density at radius 3 is 2.65 bits per heavy atom.